The molecule has 1 aliphatic carbocycles. The summed E-state index contributed by atoms with van der Waals surface area (Å²) in [7, 11) is 0. The average molecular weight is 572 g/mol. The number of phenols is 1. The highest BCUT2D eigenvalue weighted by atomic mass is 127. The minimum Gasteiger partial charge on any atom is -0.507 e. The second-order valence-corrected chi connectivity index (χ2v) is 9.96. The van der Waals surface area contributed by atoms with Gasteiger partial charge in [0.15, 0.2) is 0 Å². The smallest absolute Gasteiger partial charge is 0.238 e. The van der Waals surface area contributed by atoms with Gasteiger partial charge in [-0.25, -0.2) is 9.07 Å². The number of amides is 1. The molecule has 5 rings (SSSR count). The van der Waals surface area contributed by atoms with E-state index in [1.807, 2.05) is 28.7 Å². The molecule has 2 fully saturated rings. The van der Waals surface area contributed by atoms with Crippen molar-refractivity contribution in [2.75, 3.05) is 0 Å². The SMILES string of the molecule is N#C[C@H](Cc1ccc(-n2cc(-c3ccc(I)c(O)c3)nn2)cc1F)NC(=O)[C@H]1N[C@@H]2CC[C@H]1C2. The lowest BCUT2D eigenvalue weighted by molar-refractivity contribution is -0.124. The predicted molar refractivity (Wildman–Crippen MR) is 130 cm³/mol. The quantitative estimate of drug-likeness (QED) is 0.392. The third-order valence-electron chi connectivity index (χ3n) is 6.58. The summed E-state index contributed by atoms with van der Waals surface area (Å²) in [5.41, 5.74) is 2.04. The standard InChI is InChI=1S/C24H22FIN6O2/c25-19-10-18(32-12-21(30-31-32)14-3-6-20(26)22(33)9-14)5-2-13(19)7-17(11-27)29-24(34)23-15-1-4-16(8-15)28-23/h2-3,5-6,9-10,12,15-17,23,28,33H,1,4,7-8H2,(H,29,34)/t15-,16+,17-,23-/m0/s1. The lowest BCUT2D eigenvalue weighted by Gasteiger charge is -2.23. The molecule has 3 aromatic rings. The van der Waals surface area contributed by atoms with Gasteiger partial charge in [-0.05, 0) is 77.6 Å². The van der Waals surface area contributed by atoms with E-state index in [0.717, 1.165) is 22.8 Å². The fourth-order valence-electron chi connectivity index (χ4n) is 4.80. The number of benzene rings is 2. The molecule has 3 N–H and O–H groups in total. The molecule has 1 saturated heterocycles. The Morgan fingerprint density at radius 3 is 2.88 bits per heavy atom. The van der Waals surface area contributed by atoms with Crippen LogP contribution in [0.4, 0.5) is 4.39 Å². The van der Waals surface area contributed by atoms with Gasteiger partial charge in [0.1, 0.15) is 23.3 Å². The highest BCUT2D eigenvalue weighted by molar-refractivity contribution is 14.1. The summed E-state index contributed by atoms with van der Waals surface area (Å²) in [6.07, 6.45) is 4.84. The number of phenolic OH excluding ortho intramolecular Hbond substituents is 1. The normalized spacial score (nSPS) is 21.9. The molecule has 10 heteroatoms. The number of hydrogen-bond acceptors (Lipinski definition) is 6. The van der Waals surface area contributed by atoms with E-state index in [0.29, 0.717) is 34.5 Å². The molecule has 2 heterocycles. The Kier molecular flexibility index (Phi) is 6.22. The van der Waals surface area contributed by atoms with Crippen molar-refractivity contribution < 1.29 is 14.3 Å². The van der Waals surface area contributed by atoms with Gasteiger partial charge in [-0.15, -0.1) is 5.10 Å². The number of nitriles is 1. The van der Waals surface area contributed by atoms with Gasteiger partial charge >= 0.3 is 0 Å². The zero-order valence-corrected chi connectivity index (χ0v) is 20.2. The molecule has 34 heavy (non-hydrogen) atoms. The van der Waals surface area contributed by atoms with Gasteiger partial charge in [0.05, 0.1) is 27.6 Å². The Hall–Kier alpha value is -3.04. The maximum absolute atomic E-state index is 14.9. The molecule has 4 atom stereocenters. The van der Waals surface area contributed by atoms with E-state index < -0.39 is 11.9 Å². The first-order valence-corrected chi connectivity index (χ1v) is 12.1. The second kappa shape index (κ2) is 9.31. The first kappa shape index (κ1) is 22.7. The van der Waals surface area contributed by atoms with Gasteiger partial charge in [0.2, 0.25) is 5.91 Å². The van der Waals surface area contributed by atoms with Crippen molar-refractivity contribution in [1.82, 2.24) is 25.6 Å². The maximum atomic E-state index is 14.9. The predicted octanol–water partition coefficient (Wildman–Crippen LogP) is 3.07. The molecule has 174 valence electrons. The van der Waals surface area contributed by atoms with Crippen LogP contribution in [0.5, 0.6) is 5.75 Å². The summed E-state index contributed by atoms with van der Waals surface area (Å²) in [6.45, 7) is 0. The topological polar surface area (TPSA) is 116 Å². The number of hydrogen-bond donors (Lipinski definition) is 3. The Labute approximate surface area is 209 Å². The first-order valence-electron chi connectivity index (χ1n) is 11.1. The Morgan fingerprint density at radius 2 is 2.21 bits per heavy atom. The molecular weight excluding hydrogens is 550 g/mol. The van der Waals surface area contributed by atoms with Gasteiger partial charge in [-0.3, -0.25) is 4.79 Å². The number of carbonyl (C=O) groups is 1. The summed E-state index contributed by atoms with van der Waals surface area (Å²) >= 11 is 2.03. The lowest BCUT2D eigenvalue weighted by Crippen LogP contribution is -2.50. The maximum Gasteiger partial charge on any atom is 0.238 e. The third kappa shape index (κ3) is 4.50. The minimum atomic E-state index is -0.819. The van der Waals surface area contributed by atoms with Crippen LogP contribution in [-0.4, -0.2) is 44.1 Å². The van der Waals surface area contributed by atoms with Gasteiger partial charge in [0.25, 0.3) is 0 Å². The van der Waals surface area contributed by atoms with Crippen molar-refractivity contribution in [2.24, 2.45) is 5.92 Å². The number of piperidine rings is 1. The average Bonchev–Trinajstić information content (AvgIpc) is 3.59. The van der Waals surface area contributed by atoms with Gasteiger partial charge in [-0.1, -0.05) is 17.3 Å². The minimum absolute atomic E-state index is 0.0692. The van der Waals surface area contributed by atoms with E-state index in [1.54, 1.807) is 30.5 Å². The monoisotopic (exact) mass is 572 g/mol. The molecule has 0 unspecified atom stereocenters. The largest absolute Gasteiger partial charge is 0.507 e. The molecule has 1 saturated carbocycles. The summed E-state index contributed by atoms with van der Waals surface area (Å²) in [5, 5.41) is 33.7. The number of carbonyl (C=O) groups excluding carboxylic acids is 1. The molecule has 1 aliphatic heterocycles. The summed E-state index contributed by atoms with van der Waals surface area (Å²) < 4.78 is 17.1. The number of rotatable bonds is 6. The number of fused-ring (bicyclic) bond motifs is 2. The van der Waals surface area contributed by atoms with E-state index in [4.69, 9.17) is 0 Å². The molecule has 2 aromatic carbocycles. The van der Waals surface area contributed by atoms with Crippen LogP contribution in [0.25, 0.3) is 16.9 Å². The van der Waals surface area contributed by atoms with E-state index in [1.165, 1.54) is 10.7 Å². The van der Waals surface area contributed by atoms with Crippen molar-refractivity contribution in [2.45, 2.75) is 43.8 Å². The number of halogens is 2. The molecule has 0 radical (unpaired) electrons. The van der Waals surface area contributed by atoms with Crippen LogP contribution in [0.3, 0.4) is 0 Å². The van der Waals surface area contributed by atoms with E-state index in [2.05, 4.69) is 27.0 Å². The van der Waals surface area contributed by atoms with E-state index in [-0.39, 0.29) is 24.1 Å². The van der Waals surface area contributed by atoms with E-state index in [9.17, 15) is 19.6 Å². The number of aromatic nitrogens is 3. The zero-order valence-electron chi connectivity index (χ0n) is 18.1. The van der Waals surface area contributed by atoms with Crippen molar-refractivity contribution in [1.29, 1.82) is 5.26 Å². The van der Waals surface area contributed by atoms with E-state index >= 15 is 0 Å². The molecule has 1 aromatic heterocycles. The number of nitrogens with one attached hydrogen (secondary N) is 2. The molecule has 0 spiro atoms. The van der Waals surface area contributed by atoms with Crippen LogP contribution in [0.1, 0.15) is 24.8 Å². The molecule has 2 aliphatic rings. The van der Waals surface area contributed by atoms with Crippen LogP contribution in [0, 0.1) is 26.6 Å². The van der Waals surface area contributed by atoms with Crippen molar-refractivity contribution >= 4 is 28.5 Å². The number of aromatic hydroxyl groups is 1. The fourth-order valence-corrected chi connectivity index (χ4v) is 5.13. The van der Waals surface area contributed by atoms with Crippen LogP contribution in [0.15, 0.2) is 42.6 Å². The fraction of sp³-hybridized carbons (Fsp3) is 0.333. The summed E-state index contributed by atoms with van der Waals surface area (Å²) in [4.78, 5) is 12.6. The van der Waals surface area contributed by atoms with Gasteiger partial charge in [0, 0.05) is 18.0 Å². The molecular formula is C24H22FIN6O2. The highest BCUT2D eigenvalue weighted by Crippen LogP contribution is 2.35. The van der Waals surface area contributed by atoms with Crippen LogP contribution < -0.4 is 10.6 Å². The summed E-state index contributed by atoms with van der Waals surface area (Å²) in [6, 6.07) is 11.2. The van der Waals surface area contributed by atoms with Gasteiger partial charge in [-0.2, -0.15) is 5.26 Å². The van der Waals surface area contributed by atoms with Crippen LogP contribution in [0.2, 0.25) is 0 Å². The lowest BCUT2D eigenvalue weighted by atomic mass is 9.98. The first-order chi connectivity index (χ1) is 16.4. The Bertz CT molecular complexity index is 1290. The van der Waals surface area contributed by atoms with Crippen molar-refractivity contribution in [3.05, 3.63) is 57.5 Å². The molecule has 8 nitrogen and oxygen atoms in total. The van der Waals surface area contributed by atoms with Crippen LogP contribution >= 0.6 is 22.6 Å². The van der Waals surface area contributed by atoms with Crippen molar-refractivity contribution in [3.63, 3.8) is 0 Å². The zero-order chi connectivity index (χ0) is 23.8. The Morgan fingerprint density at radius 1 is 1.35 bits per heavy atom. The third-order valence-corrected chi connectivity index (χ3v) is 7.49. The van der Waals surface area contributed by atoms with Crippen molar-refractivity contribution in [3.8, 4) is 28.8 Å². The molecule has 1 amide bonds. The van der Waals surface area contributed by atoms with Gasteiger partial charge < -0.3 is 15.7 Å². The number of nitrogens with zero attached hydrogens (tertiary/aromatic N) is 4. The van der Waals surface area contributed by atoms with Crippen LogP contribution in [-0.2, 0) is 11.2 Å². The second-order valence-electron chi connectivity index (χ2n) is 8.80. The highest BCUT2D eigenvalue weighted by Gasteiger charge is 2.43. The summed E-state index contributed by atoms with van der Waals surface area (Å²) in [5.74, 6) is -0.212. The Balaban J connectivity index is 1.27. The molecule has 2 bridgehead atoms.